The first kappa shape index (κ1) is 29.1. The first-order valence-corrected chi connectivity index (χ1v) is 15.6. The van der Waals surface area contributed by atoms with Gasteiger partial charge in [0.2, 0.25) is 9.84 Å². The minimum atomic E-state index is -4.42. The summed E-state index contributed by atoms with van der Waals surface area (Å²) in [6.45, 7) is 3.29. The highest BCUT2D eigenvalue weighted by atomic mass is 32.2. The van der Waals surface area contributed by atoms with Gasteiger partial charge in [0.25, 0.3) is 5.91 Å². The lowest BCUT2D eigenvalue weighted by molar-refractivity contribution is 0.0904. The number of anilines is 2. The van der Waals surface area contributed by atoms with E-state index in [0.717, 1.165) is 45.0 Å². The molecule has 0 aliphatic carbocycles. The number of carbonyl (C=O) groups excluding carboxylic acids is 1. The Morgan fingerprint density at radius 3 is 2.49 bits per heavy atom. The second-order valence-electron chi connectivity index (χ2n) is 11.0. The van der Waals surface area contributed by atoms with Crippen LogP contribution in [0.5, 0.6) is 0 Å². The molecule has 2 saturated heterocycles. The number of sulfone groups is 1. The van der Waals surface area contributed by atoms with E-state index in [1.807, 2.05) is 12.1 Å². The molecule has 2 fully saturated rings. The maximum Gasteiger partial charge on any atom is 0.259 e. The van der Waals surface area contributed by atoms with Crippen LogP contribution >= 0.6 is 0 Å². The van der Waals surface area contributed by atoms with Crippen molar-refractivity contribution in [2.45, 2.75) is 47.6 Å². The molecule has 0 saturated carbocycles. The summed E-state index contributed by atoms with van der Waals surface area (Å²) in [5, 5.41) is 12.4. The van der Waals surface area contributed by atoms with Crippen LogP contribution in [0.25, 0.3) is 11.2 Å². The Hall–Kier alpha value is -4.01. The SMILES string of the molecule is CN1CCC(c2ccc(C(=O)Nc3n[nH]c4ncc(S(=O)(=O)c5cc(F)cc(F)c5)nc34)c(NC3CCOCC3)c2)CC1. The van der Waals surface area contributed by atoms with Crippen molar-refractivity contribution < 1.29 is 26.7 Å². The molecule has 3 N–H and O–H groups in total. The van der Waals surface area contributed by atoms with Crippen molar-refractivity contribution in [3.63, 3.8) is 0 Å². The van der Waals surface area contributed by atoms with E-state index in [1.165, 1.54) is 5.56 Å². The van der Waals surface area contributed by atoms with Crippen LogP contribution in [-0.4, -0.2) is 78.8 Å². The summed E-state index contributed by atoms with van der Waals surface area (Å²) in [7, 11) is -2.31. The number of nitrogens with zero attached hydrogens (tertiary/aromatic N) is 4. The Balaban J connectivity index is 1.30. The van der Waals surface area contributed by atoms with Gasteiger partial charge in [-0.25, -0.2) is 27.2 Å². The second kappa shape index (κ2) is 11.9. The fourth-order valence-electron chi connectivity index (χ4n) is 5.51. The van der Waals surface area contributed by atoms with E-state index in [-0.39, 0.29) is 23.0 Å². The minimum Gasteiger partial charge on any atom is -0.381 e. The number of rotatable bonds is 7. The predicted octanol–water partition coefficient (Wildman–Crippen LogP) is 4.12. The first-order valence-electron chi connectivity index (χ1n) is 14.1. The molecule has 2 aromatic carbocycles. The zero-order chi connectivity index (χ0) is 30.1. The largest absolute Gasteiger partial charge is 0.381 e. The molecule has 11 nitrogen and oxygen atoms in total. The molecule has 0 radical (unpaired) electrons. The van der Waals surface area contributed by atoms with Gasteiger partial charge in [-0.1, -0.05) is 6.07 Å². The molecule has 14 heteroatoms. The predicted molar refractivity (Wildman–Crippen MR) is 155 cm³/mol. The van der Waals surface area contributed by atoms with Gasteiger partial charge in [-0.3, -0.25) is 9.89 Å². The molecule has 2 aromatic heterocycles. The van der Waals surface area contributed by atoms with Crippen molar-refractivity contribution in [2.75, 3.05) is 44.0 Å². The molecule has 226 valence electrons. The molecule has 4 heterocycles. The fourth-order valence-corrected chi connectivity index (χ4v) is 6.69. The van der Waals surface area contributed by atoms with Crippen LogP contribution in [0.4, 0.5) is 20.3 Å². The summed E-state index contributed by atoms with van der Waals surface area (Å²) in [6.07, 6.45) is 4.65. The number of H-pyrrole nitrogens is 1. The van der Waals surface area contributed by atoms with Gasteiger partial charge in [0, 0.05) is 31.0 Å². The number of amides is 1. The summed E-state index contributed by atoms with van der Waals surface area (Å²) in [6, 6.07) is 7.93. The number of benzene rings is 2. The molecule has 2 aliphatic heterocycles. The monoisotopic (exact) mass is 611 g/mol. The van der Waals surface area contributed by atoms with Gasteiger partial charge in [-0.15, -0.1) is 0 Å². The number of aromatic nitrogens is 4. The van der Waals surface area contributed by atoms with Crippen molar-refractivity contribution in [2.24, 2.45) is 0 Å². The molecule has 2 aliphatic rings. The van der Waals surface area contributed by atoms with Gasteiger partial charge >= 0.3 is 0 Å². The average Bonchev–Trinajstić information content (AvgIpc) is 3.39. The van der Waals surface area contributed by atoms with Gasteiger partial charge in [-0.2, -0.15) is 5.10 Å². The van der Waals surface area contributed by atoms with Gasteiger partial charge < -0.3 is 20.3 Å². The van der Waals surface area contributed by atoms with Gasteiger partial charge in [-0.05, 0) is 81.6 Å². The van der Waals surface area contributed by atoms with E-state index >= 15 is 0 Å². The highest BCUT2D eigenvalue weighted by Crippen LogP contribution is 2.32. The summed E-state index contributed by atoms with van der Waals surface area (Å²) >= 11 is 0. The maximum absolute atomic E-state index is 13.8. The van der Waals surface area contributed by atoms with Crippen molar-refractivity contribution in [3.05, 3.63) is 65.4 Å². The Bertz CT molecular complexity index is 1750. The molecule has 0 spiro atoms. The molecular formula is C29H31F2N7O4S. The number of fused-ring (bicyclic) bond motifs is 1. The van der Waals surface area contributed by atoms with Crippen LogP contribution in [0.15, 0.2) is 52.5 Å². The lowest BCUT2D eigenvalue weighted by Gasteiger charge is -2.30. The number of hydrogen-bond acceptors (Lipinski definition) is 9. The Morgan fingerprint density at radius 2 is 1.77 bits per heavy atom. The molecule has 0 atom stereocenters. The molecule has 43 heavy (non-hydrogen) atoms. The molecular weight excluding hydrogens is 580 g/mol. The van der Waals surface area contributed by atoms with Crippen molar-refractivity contribution >= 4 is 38.4 Å². The topological polar surface area (TPSA) is 142 Å². The minimum absolute atomic E-state index is 0.0202. The third-order valence-corrected chi connectivity index (χ3v) is 9.56. The van der Waals surface area contributed by atoms with Crippen LogP contribution in [0.3, 0.4) is 0 Å². The Labute approximate surface area is 247 Å². The quantitative estimate of drug-likeness (QED) is 0.281. The van der Waals surface area contributed by atoms with Crippen LogP contribution in [0.1, 0.15) is 47.5 Å². The number of likely N-dealkylation sites (tertiary alicyclic amines) is 1. The summed E-state index contributed by atoms with van der Waals surface area (Å²) in [4.78, 5) is 23.5. The highest BCUT2D eigenvalue weighted by molar-refractivity contribution is 7.91. The van der Waals surface area contributed by atoms with Crippen molar-refractivity contribution in [1.29, 1.82) is 0 Å². The summed E-state index contributed by atoms with van der Waals surface area (Å²) in [5.41, 5.74) is 2.36. The fraction of sp³-hybridized carbons (Fsp3) is 0.379. The summed E-state index contributed by atoms with van der Waals surface area (Å²) in [5.74, 6) is -2.21. The number of halogens is 2. The number of ether oxygens (including phenoxy) is 1. The van der Waals surface area contributed by atoms with Crippen LogP contribution in [0, 0.1) is 11.6 Å². The Morgan fingerprint density at radius 1 is 1.05 bits per heavy atom. The van der Waals surface area contributed by atoms with E-state index in [1.54, 1.807) is 6.07 Å². The molecule has 1 amide bonds. The third kappa shape index (κ3) is 6.21. The van der Waals surface area contributed by atoms with E-state index in [4.69, 9.17) is 4.74 Å². The normalized spacial score (nSPS) is 17.3. The summed E-state index contributed by atoms with van der Waals surface area (Å²) < 4.78 is 59.2. The molecule has 0 bridgehead atoms. The van der Waals surface area contributed by atoms with E-state index < -0.39 is 37.3 Å². The van der Waals surface area contributed by atoms with Crippen LogP contribution < -0.4 is 10.6 Å². The van der Waals surface area contributed by atoms with E-state index in [2.05, 4.69) is 42.7 Å². The molecule has 0 unspecified atom stereocenters. The average molecular weight is 612 g/mol. The second-order valence-corrected chi connectivity index (χ2v) is 12.9. The zero-order valence-corrected chi connectivity index (χ0v) is 24.3. The van der Waals surface area contributed by atoms with Crippen molar-refractivity contribution in [3.8, 4) is 0 Å². The van der Waals surface area contributed by atoms with Crippen LogP contribution in [-0.2, 0) is 14.6 Å². The first-order chi connectivity index (χ1) is 20.7. The molecule has 4 aromatic rings. The Kier molecular flexibility index (Phi) is 8.07. The van der Waals surface area contributed by atoms with Gasteiger partial charge in [0.1, 0.15) is 11.6 Å². The van der Waals surface area contributed by atoms with Crippen LogP contribution in [0.2, 0.25) is 0 Å². The zero-order valence-electron chi connectivity index (χ0n) is 23.4. The number of hydrogen-bond donors (Lipinski definition) is 3. The standard InChI is InChI=1S/C29H31F2N7O4S/c1-38-8-4-17(5-9-38)18-2-3-23(24(12-18)33-21-6-10-42-11-7-21)29(39)35-28-26-27(36-37-28)32-16-25(34-26)43(40,41)22-14-19(30)13-20(31)15-22/h2-3,12-17,21,33H,4-11H2,1H3,(H2,32,35,36,37,39). The highest BCUT2D eigenvalue weighted by Gasteiger charge is 2.26. The van der Waals surface area contributed by atoms with E-state index in [9.17, 15) is 22.0 Å². The number of aromatic amines is 1. The van der Waals surface area contributed by atoms with Crippen molar-refractivity contribution in [1.82, 2.24) is 25.1 Å². The molecule has 6 rings (SSSR count). The maximum atomic E-state index is 13.8. The number of carbonyl (C=O) groups is 1. The third-order valence-electron chi connectivity index (χ3n) is 7.96. The lowest BCUT2D eigenvalue weighted by atomic mass is 9.88. The van der Waals surface area contributed by atoms with Gasteiger partial charge in [0.05, 0.1) is 16.7 Å². The lowest BCUT2D eigenvalue weighted by Crippen LogP contribution is -2.30. The van der Waals surface area contributed by atoms with E-state index in [0.29, 0.717) is 48.6 Å². The van der Waals surface area contributed by atoms with Gasteiger partial charge in [0.15, 0.2) is 22.0 Å². The number of nitrogens with one attached hydrogen (secondary N) is 3. The number of piperidine rings is 1. The smallest absolute Gasteiger partial charge is 0.259 e.